The second-order valence-electron chi connectivity index (χ2n) is 6.42. The summed E-state index contributed by atoms with van der Waals surface area (Å²) in [5.41, 5.74) is 7.21. The second-order valence-corrected chi connectivity index (χ2v) is 7.22. The molecule has 2 atom stereocenters. The Kier molecular flexibility index (Phi) is 4.78. The summed E-state index contributed by atoms with van der Waals surface area (Å²) in [6.45, 7) is 8.15. The fraction of sp³-hybridized carbons (Fsp3) is 0.733. The number of carbonyl (C=O) groups is 1. The van der Waals surface area contributed by atoms with Crippen molar-refractivity contribution in [1.29, 1.82) is 0 Å². The molecule has 1 saturated carbocycles. The highest BCUT2D eigenvalue weighted by Crippen LogP contribution is 2.37. The molecule has 1 amide bonds. The van der Waals surface area contributed by atoms with Crippen molar-refractivity contribution < 1.29 is 4.79 Å². The van der Waals surface area contributed by atoms with Gasteiger partial charge in [0, 0.05) is 6.04 Å². The van der Waals surface area contributed by atoms with Crippen LogP contribution in [0, 0.1) is 13.8 Å². The van der Waals surface area contributed by atoms with Crippen molar-refractivity contribution in [2.75, 3.05) is 0 Å². The average molecular weight is 357 g/mol. The Bertz CT molecular complexity index is 540. The van der Waals surface area contributed by atoms with E-state index in [9.17, 15) is 4.79 Å². The molecule has 21 heavy (non-hydrogen) atoms. The molecule has 0 saturated heterocycles. The number of aryl methyl sites for hydroxylation is 1. The summed E-state index contributed by atoms with van der Waals surface area (Å²) in [4.78, 5) is 12.1. The van der Waals surface area contributed by atoms with Crippen molar-refractivity contribution in [1.82, 2.24) is 15.1 Å². The van der Waals surface area contributed by atoms with Gasteiger partial charge in [0.2, 0.25) is 5.91 Å². The first-order chi connectivity index (χ1) is 9.77. The molecule has 0 bridgehead atoms. The molecular weight excluding hydrogens is 332 g/mol. The largest absolute Gasteiger partial charge is 0.368 e. The van der Waals surface area contributed by atoms with Crippen LogP contribution in [0.5, 0.6) is 0 Å². The van der Waals surface area contributed by atoms with Gasteiger partial charge < -0.3 is 11.1 Å². The maximum Gasteiger partial charge on any atom is 0.237 e. The summed E-state index contributed by atoms with van der Waals surface area (Å²) in [7, 11) is 0. The van der Waals surface area contributed by atoms with Crippen molar-refractivity contribution in [2.45, 2.75) is 71.0 Å². The van der Waals surface area contributed by atoms with Crippen LogP contribution >= 0.6 is 15.9 Å². The minimum atomic E-state index is -0.615. The van der Waals surface area contributed by atoms with Crippen LogP contribution in [0.25, 0.3) is 0 Å². The van der Waals surface area contributed by atoms with Crippen LogP contribution in [0.3, 0.4) is 0 Å². The van der Waals surface area contributed by atoms with Crippen molar-refractivity contribution in [3.05, 3.63) is 15.9 Å². The van der Waals surface area contributed by atoms with Gasteiger partial charge in [-0.2, -0.15) is 5.10 Å². The second kappa shape index (κ2) is 6.08. The van der Waals surface area contributed by atoms with E-state index in [-0.39, 0.29) is 18.0 Å². The maximum absolute atomic E-state index is 12.1. The van der Waals surface area contributed by atoms with Crippen LogP contribution in [0.15, 0.2) is 4.47 Å². The molecule has 0 spiro atoms. The molecule has 1 fully saturated rings. The molecule has 0 aliphatic heterocycles. The van der Waals surface area contributed by atoms with Crippen molar-refractivity contribution >= 4 is 21.8 Å². The number of nitrogens with zero attached hydrogens (tertiary/aromatic N) is 2. The Labute approximate surface area is 134 Å². The van der Waals surface area contributed by atoms with E-state index in [2.05, 4.69) is 38.0 Å². The number of aromatic nitrogens is 2. The fourth-order valence-corrected chi connectivity index (χ4v) is 3.69. The Morgan fingerprint density at radius 2 is 2.19 bits per heavy atom. The van der Waals surface area contributed by atoms with Gasteiger partial charge in [0.05, 0.1) is 27.4 Å². The van der Waals surface area contributed by atoms with Crippen molar-refractivity contribution in [3.63, 3.8) is 0 Å². The van der Waals surface area contributed by atoms with Crippen LogP contribution < -0.4 is 11.1 Å². The predicted octanol–water partition coefficient (Wildman–Crippen LogP) is 2.60. The summed E-state index contributed by atoms with van der Waals surface area (Å²) >= 11 is 3.57. The van der Waals surface area contributed by atoms with E-state index in [1.54, 1.807) is 0 Å². The van der Waals surface area contributed by atoms with Crippen LogP contribution in [-0.4, -0.2) is 27.3 Å². The topological polar surface area (TPSA) is 72.9 Å². The van der Waals surface area contributed by atoms with Crippen molar-refractivity contribution in [2.24, 2.45) is 5.73 Å². The first kappa shape index (κ1) is 16.5. The van der Waals surface area contributed by atoms with Crippen LogP contribution in [0.4, 0.5) is 0 Å². The number of carbonyl (C=O) groups excluding carboxylic acids is 1. The standard InChI is InChI=1S/C15H25BrN4O/c1-9(2)18-15(14(17)21)7-5-6-12(8-15)20-11(4)13(16)10(3)19-20/h9,12,18H,5-8H2,1-4H3,(H2,17,21). The summed E-state index contributed by atoms with van der Waals surface area (Å²) < 4.78 is 3.10. The molecule has 0 aromatic carbocycles. The molecular formula is C15H25BrN4O. The van der Waals surface area contributed by atoms with Gasteiger partial charge in [0.25, 0.3) is 0 Å². The smallest absolute Gasteiger partial charge is 0.237 e. The summed E-state index contributed by atoms with van der Waals surface area (Å²) in [5, 5.41) is 8.04. The normalized spacial score (nSPS) is 26.3. The van der Waals surface area contributed by atoms with Gasteiger partial charge in [-0.05, 0) is 69.3 Å². The van der Waals surface area contributed by atoms with E-state index < -0.39 is 5.54 Å². The molecule has 2 unspecified atom stereocenters. The molecule has 3 N–H and O–H groups in total. The highest BCUT2D eigenvalue weighted by atomic mass is 79.9. The lowest BCUT2D eigenvalue weighted by atomic mass is 9.78. The molecule has 1 aromatic heterocycles. The first-order valence-electron chi connectivity index (χ1n) is 7.55. The number of primary amides is 1. The van der Waals surface area contributed by atoms with Crippen LogP contribution in [-0.2, 0) is 4.79 Å². The maximum atomic E-state index is 12.1. The quantitative estimate of drug-likeness (QED) is 0.870. The summed E-state index contributed by atoms with van der Waals surface area (Å²) in [5.74, 6) is -0.249. The van der Waals surface area contributed by atoms with Gasteiger partial charge in [0.15, 0.2) is 0 Å². The number of amides is 1. The van der Waals surface area contributed by atoms with Crippen molar-refractivity contribution in [3.8, 4) is 0 Å². The summed E-state index contributed by atoms with van der Waals surface area (Å²) in [6, 6.07) is 0.436. The lowest BCUT2D eigenvalue weighted by molar-refractivity contribution is -0.126. The molecule has 5 nitrogen and oxygen atoms in total. The minimum absolute atomic E-state index is 0.211. The van der Waals surface area contributed by atoms with Gasteiger partial charge >= 0.3 is 0 Å². The zero-order valence-corrected chi connectivity index (χ0v) is 14.8. The minimum Gasteiger partial charge on any atom is -0.368 e. The molecule has 0 radical (unpaired) electrons. The number of hydrogen-bond acceptors (Lipinski definition) is 3. The fourth-order valence-electron chi connectivity index (χ4n) is 3.43. The number of nitrogens with one attached hydrogen (secondary N) is 1. The zero-order chi connectivity index (χ0) is 15.8. The van der Waals surface area contributed by atoms with E-state index in [1.165, 1.54) is 0 Å². The van der Waals surface area contributed by atoms with E-state index in [0.717, 1.165) is 35.1 Å². The van der Waals surface area contributed by atoms with Gasteiger partial charge in [0.1, 0.15) is 0 Å². The predicted molar refractivity (Wildman–Crippen MR) is 87.1 cm³/mol. The number of nitrogens with two attached hydrogens (primary N) is 1. The van der Waals surface area contributed by atoms with E-state index in [1.807, 2.05) is 20.8 Å². The molecule has 118 valence electrons. The monoisotopic (exact) mass is 356 g/mol. The number of rotatable bonds is 4. The number of hydrogen-bond donors (Lipinski definition) is 2. The molecule has 6 heteroatoms. The first-order valence-corrected chi connectivity index (χ1v) is 8.35. The lowest BCUT2D eigenvalue weighted by Crippen LogP contribution is -2.60. The third-order valence-corrected chi connectivity index (χ3v) is 5.49. The Balaban J connectivity index is 2.30. The lowest BCUT2D eigenvalue weighted by Gasteiger charge is -2.40. The highest BCUT2D eigenvalue weighted by Gasteiger charge is 2.42. The molecule has 1 aliphatic rings. The third kappa shape index (κ3) is 3.16. The Morgan fingerprint density at radius 1 is 1.52 bits per heavy atom. The van der Waals surface area contributed by atoms with Gasteiger partial charge in [-0.15, -0.1) is 0 Å². The molecule has 1 aromatic rings. The SMILES string of the molecule is Cc1nn(C2CCCC(NC(C)C)(C(N)=O)C2)c(C)c1Br. The van der Waals surface area contributed by atoms with E-state index in [0.29, 0.717) is 6.42 Å². The molecule has 1 aliphatic carbocycles. The van der Waals surface area contributed by atoms with E-state index >= 15 is 0 Å². The Morgan fingerprint density at radius 3 is 2.67 bits per heavy atom. The number of halogens is 1. The molecule has 1 heterocycles. The average Bonchev–Trinajstić information content (AvgIpc) is 2.66. The van der Waals surface area contributed by atoms with Crippen LogP contribution in [0.2, 0.25) is 0 Å². The van der Waals surface area contributed by atoms with Gasteiger partial charge in [-0.1, -0.05) is 0 Å². The highest BCUT2D eigenvalue weighted by molar-refractivity contribution is 9.10. The van der Waals surface area contributed by atoms with Gasteiger partial charge in [-0.25, -0.2) is 0 Å². The summed E-state index contributed by atoms with van der Waals surface area (Å²) in [6.07, 6.45) is 3.51. The Hall–Kier alpha value is -0.880. The third-order valence-electron chi connectivity index (χ3n) is 4.34. The van der Waals surface area contributed by atoms with Gasteiger partial charge in [-0.3, -0.25) is 9.48 Å². The van der Waals surface area contributed by atoms with E-state index in [4.69, 9.17) is 5.73 Å². The molecule has 2 rings (SSSR count). The zero-order valence-electron chi connectivity index (χ0n) is 13.2. The van der Waals surface area contributed by atoms with Crippen LogP contribution in [0.1, 0.15) is 57.0 Å².